The van der Waals surface area contributed by atoms with E-state index in [1.54, 1.807) is 24.3 Å². The second kappa shape index (κ2) is 13.2. The summed E-state index contributed by atoms with van der Waals surface area (Å²) >= 11 is 0. The van der Waals surface area contributed by atoms with Gasteiger partial charge in [-0.05, 0) is 73.1 Å². The number of allylic oxidation sites excluding steroid dienone is 2. The van der Waals surface area contributed by atoms with Gasteiger partial charge in [-0.1, -0.05) is 57.1 Å². The number of hydrogen-bond donors (Lipinski definition) is 0. The number of benzene rings is 2. The average Bonchev–Trinajstić information content (AvgIpc) is 2.78. The van der Waals surface area contributed by atoms with Gasteiger partial charge in [-0.2, -0.15) is 8.78 Å². The molecule has 3 heteroatoms. The van der Waals surface area contributed by atoms with E-state index in [1.807, 2.05) is 24.3 Å². The third kappa shape index (κ3) is 8.54. The van der Waals surface area contributed by atoms with Crippen LogP contribution in [0.1, 0.15) is 62.6 Å². The molecule has 2 aromatic rings. The first-order valence-corrected chi connectivity index (χ1v) is 10.5. The fourth-order valence-electron chi connectivity index (χ4n) is 2.67. The SMILES string of the molecule is CCCCCc1ccc(C#C/C(F)=C(\F)C#Cc2ccc(OCCCC)cc2)cc1. The molecule has 0 atom stereocenters. The zero-order valence-electron chi connectivity index (χ0n) is 17.7. The standard InChI is InChI=1S/C27H28F2O/c1-3-5-7-8-22-9-11-23(12-10-22)15-19-26(28)27(29)20-16-24-13-17-25(18-14-24)30-21-6-4-2/h9-14,17-18H,3-8,21H2,1-2H3/b27-26+. The Hall–Kier alpha value is -3.04. The normalized spacial score (nSPS) is 10.9. The van der Waals surface area contributed by atoms with Gasteiger partial charge in [0.25, 0.3) is 0 Å². The maximum Gasteiger partial charge on any atom is 0.217 e. The first-order chi connectivity index (χ1) is 14.6. The van der Waals surface area contributed by atoms with Gasteiger partial charge in [-0.25, -0.2) is 0 Å². The van der Waals surface area contributed by atoms with Crippen LogP contribution in [0, 0.1) is 23.7 Å². The molecular weight excluding hydrogens is 378 g/mol. The Bertz CT molecular complexity index is 853. The number of ether oxygens (including phenoxy) is 1. The lowest BCUT2D eigenvalue weighted by atomic mass is 10.1. The van der Waals surface area contributed by atoms with E-state index in [0.717, 1.165) is 31.4 Å². The fourth-order valence-corrected chi connectivity index (χ4v) is 2.67. The largest absolute Gasteiger partial charge is 0.494 e. The van der Waals surface area contributed by atoms with Crippen LogP contribution in [0.4, 0.5) is 8.78 Å². The Morgan fingerprint density at radius 1 is 0.733 bits per heavy atom. The maximum absolute atomic E-state index is 13.9. The number of aryl methyl sites for hydroxylation is 1. The Morgan fingerprint density at radius 2 is 1.27 bits per heavy atom. The van der Waals surface area contributed by atoms with Crippen molar-refractivity contribution in [1.82, 2.24) is 0 Å². The molecule has 0 aliphatic rings. The zero-order chi connectivity index (χ0) is 21.6. The lowest BCUT2D eigenvalue weighted by Gasteiger charge is -2.04. The summed E-state index contributed by atoms with van der Waals surface area (Å²) in [5.41, 5.74) is 2.44. The summed E-state index contributed by atoms with van der Waals surface area (Å²) in [7, 11) is 0. The molecule has 0 aliphatic carbocycles. The predicted molar refractivity (Wildman–Crippen MR) is 120 cm³/mol. The topological polar surface area (TPSA) is 9.23 Å². The van der Waals surface area contributed by atoms with Gasteiger partial charge in [-0.3, -0.25) is 0 Å². The van der Waals surface area contributed by atoms with Crippen molar-refractivity contribution in [3.63, 3.8) is 0 Å². The molecule has 0 fully saturated rings. The Morgan fingerprint density at radius 3 is 1.80 bits per heavy atom. The van der Waals surface area contributed by atoms with Crippen LogP contribution in [0.15, 0.2) is 60.2 Å². The molecule has 1 nitrogen and oxygen atoms in total. The Balaban J connectivity index is 1.96. The lowest BCUT2D eigenvalue weighted by Crippen LogP contribution is -1.95. The van der Waals surface area contributed by atoms with Crippen molar-refractivity contribution >= 4 is 0 Å². The molecular formula is C27H28F2O. The van der Waals surface area contributed by atoms with Gasteiger partial charge in [0.1, 0.15) is 5.75 Å². The minimum atomic E-state index is -1.16. The van der Waals surface area contributed by atoms with Gasteiger partial charge >= 0.3 is 0 Å². The maximum atomic E-state index is 13.9. The summed E-state index contributed by atoms with van der Waals surface area (Å²) in [6.07, 6.45) is 6.61. The molecule has 0 unspecified atom stereocenters. The highest BCUT2D eigenvalue weighted by Crippen LogP contribution is 2.13. The van der Waals surface area contributed by atoms with Gasteiger partial charge in [0.2, 0.25) is 11.7 Å². The number of hydrogen-bond acceptors (Lipinski definition) is 1. The minimum Gasteiger partial charge on any atom is -0.494 e. The van der Waals surface area contributed by atoms with Crippen LogP contribution < -0.4 is 4.74 Å². The summed E-state index contributed by atoms with van der Waals surface area (Å²) in [6, 6.07) is 14.6. The van der Waals surface area contributed by atoms with Crippen molar-refractivity contribution in [3.05, 3.63) is 76.9 Å². The van der Waals surface area contributed by atoms with E-state index in [9.17, 15) is 8.78 Å². The molecule has 0 N–H and O–H groups in total. The van der Waals surface area contributed by atoms with Crippen molar-refractivity contribution in [1.29, 1.82) is 0 Å². The number of halogens is 2. The van der Waals surface area contributed by atoms with Crippen LogP contribution in [0.25, 0.3) is 0 Å². The van der Waals surface area contributed by atoms with Crippen LogP contribution >= 0.6 is 0 Å². The molecule has 30 heavy (non-hydrogen) atoms. The fraction of sp³-hybridized carbons (Fsp3) is 0.333. The number of unbranched alkanes of at least 4 members (excludes halogenated alkanes) is 3. The predicted octanol–water partition coefficient (Wildman–Crippen LogP) is 7.15. The second-order valence-electron chi connectivity index (χ2n) is 7.01. The number of rotatable bonds is 8. The summed E-state index contributed by atoms with van der Waals surface area (Å²) in [5.74, 6) is 8.06. The Labute approximate surface area is 179 Å². The monoisotopic (exact) mass is 406 g/mol. The van der Waals surface area contributed by atoms with E-state index in [0.29, 0.717) is 17.7 Å². The van der Waals surface area contributed by atoms with Crippen molar-refractivity contribution in [2.45, 2.75) is 52.4 Å². The highest BCUT2D eigenvalue weighted by Gasteiger charge is 2.00. The summed E-state index contributed by atoms with van der Waals surface area (Å²) in [4.78, 5) is 0. The molecule has 0 saturated heterocycles. The van der Waals surface area contributed by atoms with Crippen molar-refractivity contribution in [2.75, 3.05) is 6.61 Å². The van der Waals surface area contributed by atoms with E-state index in [4.69, 9.17) is 4.74 Å². The quantitative estimate of drug-likeness (QED) is 0.334. The molecule has 0 saturated carbocycles. The molecule has 0 aromatic heterocycles. The molecule has 0 bridgehead atoms. The molecule has 0 radical (unpaired) electrons. The van der Waals surface area contributed by atoms with Gasteiger partial charge in [0.05, 0.1) is 6.61 Å². The van der Waals surface area contributed by atoms with E-state index in [2.05, 4.69) is 37.5 Å². The van der Waals surface area contributed by atoms with E-state index in [1.165, 1.54) is 18.4 Å². The van der Waals surface area contributed by atoms with Gasteiger partial charge < -0.3 is 4.74 Å². The minimum absolute atomic E-state index is 0.576. The Kier molecular flexibility index (Phi) is 10.3. The third-order valence-electron chi connectivity index (χ3n) is 4.47. The molecule has 156 valence electrons. The first-order valence-electron chi connectivity index (χ1n) is 10.5. The van der Waals surface area contributed by atoms with Crippen LogP contribution in [-0.2, 0) is 6.42 Å². The van der Waals surface area contributed by atoms with E-state index in [-0.39, 0.29) is 0 Å². The van der Waals surface area contributed by atoms with Gasteiger partial charge in [0, 0.05) is 11.1 Å². The molecule has 0 aliphatic heterocycles. The third-order valence-corrected chi connectivity index (χ3v) is 4.47. The average molecular weight is 407 g/mol. The zero-order valence-corrected chi connectivity index (χ0v) is 17.7. The van der Waals surface area contributed by atoms with E-state index < -0.39 is 11.7 Å². The van der Waals surface area contributed by atoms with E-state index >= 15 is 0 Å². The van der Waals surface area contributed by atoms with Gasteiger partial charge in [-0.15, -0.1) is 0 Å². The molecule has 0 spiro atoms. The summed E-state index contributed by atoms with van der Waals surface area (Å²) in [5, 5.41) is 0. The summed E-state index contributed by atoms with van der Waals surface area (Å²) in [6.45, 7) is 4.92. The van der Waals surface area contributed by atoms with Gasteiger partial charge in [0.15, 0.2) is 0 Å². The second-order valence-corrected chi connectivity index (χ2v) is 7.01. The smallest absolute Gasteiger partial charge is 0.217 e. The first kappa shape index (κ1) is 23.2. The highest BCUT2D eigenvalue weighted by atomic mass is 19.2. The van der Waals surface area contributed by atoms with Crippen molar-refractivity contribution in [2.24, 2.45) is 0 Å². The van der Waals surface area contributed by atoms with Crippen LogP contribution in [0.3, 0.4) is 0 Å². The van der Waals surface area contributed by atoms with Crippen molar-refractivity contribution < 1.29 is 13.5 Å². The molecule has 2 aromatic carbocycles. The summed E-state index contributed by atoms with van der Waals surface area (Å²) < 4.78 is 33.4. The molecule has 0 heterocycles. The van der Waals surface area contributed by atoms with Crippen LogP contribution in [0.5, 0.6) is 5.75 Å². The highest BCUT2D eigenvalue weighted by molar-refractivity contribution is 5.46. The lowest BCUT2D eigenvalue weighted by molar-refractivity contribution is 0.309. The van der Waals surface area contributed by atoms with Crippen molar-refractivity contribution in [3.8, 4) is 29.4 Å². The van der Waals surface area contributed by atoms with Crippen LogP contribution in [-0.4, -0.2) is 6.61 Å². The molecule has 0 amide bonds. The van der Waals surface area contributed by atoms with Crippen LogP contribution in [0.2, 0.25) is 0 Å². The molecule has 2 rings (SSSR count).